The van der Waals surface area contributed by atoms with Crippen molar-refractivity contribution in [3.05, 3.63) is 47.5 Å². The number of carbonyl (C=O) groups excluding carboxylic acids is 2. The molecular weight excluding hydrogens is 325 g/mol. The quantitative estimate of drug-likeness (QED) is 0.790. The molecule has 0 saturated carbocycles. The first-order chi connectivity index (χ1) is 12.0. The van der Waals surface area contributed by atoms with Crippen molar-refractivity contribution >= 4 is 17.6 Å². The first-order valence-electron chi connectivity index (χ1n) is 8.13. The molecule has 0 unspecified atom stereocenters. The molecule has 0 saturated heterocycles. The number of hydrogen-bond acceptors (Lipinski definition) is 3. The van der Waals surface area contributed by atoms with Crippen LogP contribution in [0.4, 0.5) is 14.9 Å². The van der Waals surface area contributed by atoms with Crippen molar-refractivity contribution in [2.75, 3.05) is 11.9 Å². The van der Waals surface area contributed by atoms with Gasteiger partial charge in [-0.25, -0.2) is 9.18 Å². The van der Waals surface area contributed by atoms with E-state index in [0.717, 1.165) is 30.5 Å². The Balaban J connectivity index is 1.49. The maximum absolute atomic E-state index is 13.1. The van der Waals surface area contributed by atoms with Crippen LogP contribution in [0.2, 0.25) is 0 Å². The summed E-state index contributed by atoms with van der Waals surface area (Å²) in [4.78, 5) is 23.9. The Hall–Kier alpha value is -2.90. The van der Waals surface area contributed by atoms with Crippen LogP contribution in [0.5, 0.6) is 0 Å². The number of rotatable bonds is 4. The molecule has 0 radical (unpaired) electrons. The Bertz CT molecular complexity index is 789. The molecule has 1 aliphatic carbocycles. The van der Waals surface area contributed by atoms with Crippen LogP contribution in [-0.2, 0) is 18.3 Å². The Kier molecular flexibility index (Phi) is 4.97. The second-order valence-corrected chi connectivity index (χ2v) is 6.00. The van der Waals surface area contributed by atoms with Crippen molar-refractivity contribution in [3.63, 3.8) is 0 Å². The highest BCUT2D eigenvalue weighted by molar-refractivity contribution is 5.94. The molecule has 0 fully saturated rings. The van der Waals surface area contributed by atoms with Gasteiger partial charge in [-0.3, -0.25) is 9.48 Å². The van der Waals surface area contributed by atoms with Crippen molar-refractivity contribution in [1.82, 2.24) is 20.4 Å². The molecule has 3 rings (SSSR count). The molecule has 1 aliphatic rings. The van der Waals surface area contributed by atoms with Crippen molar-refractivity contribution in [3.8, 4) is 0 Å². The van der Waals surface area contributed by atoms with Gasteiger partial charge < -0.3 is 16.0 Å². The van der Waals surface area contributed by atoms with E-state index in [1.54, 1.807) is 12.3 Å². The number of anilines is 1. The van der Waals surface area contributed by atoms with Gasteiger partial charge in [0.2, 0.25) is 5.91 Å². The maximum Gasteiger partial charge on any atom is 0.315 e. The summed E-state index contributed by atoms with van der Waals surface area (Å²) in [5.74, 6) is -0.862. The first kappa shape index (κ1) is 16.9. The van der Waals surface area contributed by atoms with Crippen LogP contribution < -0.4 is 16.0 Å². The highest BCUT2D eigenvalue weighted by Crippen LogP contribution is 2.28. The fraction of sp³-hybridized carbons (Fsp3) is 0.353. The minimum absolute atomic E-state index is 0.108. The minimum atomic E-state index is -0.437. The third-order valence-electron chi connectivity index (χ3n) is 4.20. The molecule has 25 heavy (non-hydrogen) atoms. The molecule has 1 aromatic carbocycles. The summed E-state index contributed by atoms with van der Waals surface area (Å²) in [7, 11) is 1.89. The predicted octanol–water partition coefficient (Wildman–Crippen LogP) is 1.87. The van der Waals surface area contributed by atoms with Crippen LogP contribution in [0.3, 0.4) is 0 Å². The number of amides is 3. The lowest BCUT2D eigenvalue weighted by atomic mass is 9.93. The number of nitrogens with one attached hydrogen (secondary N) is 3. The summed E-state index contributed by atoms with van der Waals surface area (Å²) in [6.45, 7) is -0.199. The Labute approximate surface area is 144 Å². The van der Waals surface area contributed by atoms with E-state index in [2.05, 4.69) is 21.0 Å². The largest absolute Gasteiger partial charge is 0.331 e. The van der Waals surface area contributed by atoms with Gasteiger partial charge >= 0.3 is 6.03 Å². The lowest BCUT2D eigenvalue weighted by Gasteiger charge is -2.23. The smallest absolute Gasteiger partial charge is 0.315 e. The molecule has 3 amide bonds. The monoisotopic (exact) mass is 345 g/mol. The van der Waals surface area contributed by atoms with Crippen LogP contribution in [0.1, 0.15) is 30.1 Å². The fourth-order valence-corrected chi connectivity index (χ4v) is 3.00. The van der Waals surface area contributed by atoms with Crippen LogP contribution >= 0.6 is 0 Å². The third-order valence-corrected chi connectivity index (χ3v) is 4.20. The zero-order valence-corrected chi connectivity index (χ0v) is 13.9. The Morgan fingerprint density at radius 2 is 2.24 bits per heavy atom. The van der Waals surface area contributed by atoms with Gasteiger partial charge in [0.15, 0.2) is 0 Å². The van der Waals surface area contributed by atoms with E-state index in [9.17, 15) is 14.0 Å². The molecule has 1 aromatic heterocycles. The second-order valence-electron chi connectivity index (χ2n) is 6.00. The van der Waals surface area contributed by atoms with Crippen molar-refractivity contribution in [1.29, 1.82) is 0 Å². The zero-order chi connectivity index (χ0) is 17.8. The van der Waals surface area contributed by atoms with E-state index in [0.29, 0.717) is 5.69 Å². The number of nitrogens with zero attached hydrogens (tertiary/aromatic N) is 2. The highest BCUT2D eigenvalue weighted by Gasteiger charge is 2.24. The average molecular weight is 345 g/mol. The Morgan fingerprint density at radius 1 is 1.40 bits per heavy atom. The van der Waals surface area contributed by atoms with E-state index in [1.165, 1.54) is 18.2 Å². The SMILES string of the molecule is Cn1ncc2c1CCC[C@@H]2NC(=O)NCC(=O)Nc1cccc(F)c1. The van der Waals surface area contributed by atoms with Gasteiger partial charge in [0.1, 0.15) is 5.82 Å². The van der Waals surface area contributed by atoms with E-state index in [4.69, 9.17) is 0 Å². The van der Waals surface area contributed by atoms with Crippen LogP contribution in [-0.4, -0.2) is 28.3 Å². The summed E-state index contributed by atoms with van der Waals surface area (Å²) < 4.78 is 14.9. The molecular formula is C17H20FN5O2. The zero-order valence-electron chi connectivity index (χ0n) is 13.9. The second kappa shape index (κ2) is 7.33. The number of aromatic nitrogens is 2. The standard InChI is InChI=1S/C17H20FN5O2/c1-23-15-7-3-6-14(13(15)9-20-23)22-17(25)19-10-16(24)21-12-5-2-4-11(18)8-12/h2,4-5,8-9,14H,3,6-7,10H2,1H3,(H,21,24)(H2,19,22,25)/t14-/m0/s1. The molecule has 1 atom stereocenters. The van der Waals surface area contributed by atoms with Crippen LogP contribution in [0, 0.1) is 5.82 Å². The summed E-state index contributed by atoms with van der Waals surface area (Å²) in [6.07, 6.45) is 4.52. The summed E-state index contributed by atoms with van der Waals surface area (Å²) in [5, 5.41) is 12.2. The van der Waals surface area contributed by atoms with E-state index in [1.807, 2.05) is 11.7 Å². The highest BCUT2D eigenvalue weighted by atomic mass is 19.1. The van der Waals surface area contributed by atoms with Crippen molar-refractivity contribution < 1.29 is 14.0 Å². The van der Waals surface area contributed by atoms with Crippen molar-refractivity contribution in [2.24, 2.45) is 7.05 Å². The summed E-state index contributed by atoms with van der Waals surface area (Å²) >= 11 is 0. The van der Waals surface area contributed by atoms with Gasteiger partial charge in [0, 0.05) is 24.0 Å². The van der Waals surface area contributed by atoms with E-state index < -0.39 is 17.8 Å². The van der Waals surface area contributed by atoms with E-state index in [-0.39, 0.29) is 12.6 Å². The fourth-order valence-electron chi connectivity index (χ4n) is 3.00. The molecule has 8 heteroatoms. The predicted molar refractivity (Wildman–Crippen MR) is 90.5 cm³/mol. The lowest BCUT2D eigenvalue weighted by Crippen LogP contribution is -2.42. The average Bonchev–Trinajstić information content (AvgIpc) is 2.96. The van der Waals surface area contributed by atoms with Gasteiger partial charge in [-0.1, -0.05) is 6.07 Å². The normalized spacial score (nSPS) is 16.0. The lowest BCUT2D eigenvalue weighted by molar-refractivity contribution is -0.115. The Morgan fingerprint density at radius 3 is 3.04 bits per heavy atom. The van der Waals surface area contributed by atoms with E-state index >= 15 is 0 Å². The summed E-state index contributed by atoms with van der Waals surface area (Å²) in [5.41, 5.74) is 2.49. The van der Waals surface area contributed by atoms with Gasteiger partial charge in [-0.2, -0.15) is 5.10 Å². The molecule has 2 aromatic rings. The number of halogens is 1. The van der Waals surface area contributed by atoms with Gasteiger partial charge in [0.25, 0.3) is 0 Å². The van der Waals surface area contributed by atoms with Crippen molar-refractivity contribution in [2.45, 2.75) is 25.3 Å². The molecule has 0 spiro atoms. The minimum Gasteiger partial charge on any atom is -0.331 e. The number of benzene rings is 1. The molecule has 1 heterocycles. The topological polar surface area (TPSA) is 88.1 Å². The molecule has 0 aliphatic heterocycles. The summed E-state index contributed by atoms with van der Waals surface area (Å²) in [6, 6.07) is 5.05. The molecule has 7 nitrogen and oxygen atoms in total. The molecule has 0 bridgehead atoms. The number of fused-ring (bicyclic) bond motifs is 1. The number of hydrogen-bond donors (Lipinski definition) is 3. The maximum atomic E-state index is 13.1. The molecule has 3 N–H and O–H groups in total. The van der Waals surface area contributed by atoms with Crippen LogP contribution in [0.15, 0.2) is 30.5 Å². The third kappa shape index (κ3) is 4.14. The number of aryl methyl sites for hydroxylation is 1. The number of carbonyl (C=O) groups is 2. The number of urea groups is 1. The first-order valence-corrected chi connectivity index (χ1v) is 8.13. The van der Waals surface area contributed by atoms with Crippen LogP contribution in [0.25, 0.3) is 0 Å². The molecule has 132 valence electrons. The van der Waals surface area contributed by atoms with Gasteiger partial charge in [-0.15, -0.1) is 0 Å². The van der Waals surface area contributed by atoms with Gasteiger partial charge in [-0.05, 0) is 37.5 Å². The van der Waals surface area contributed by atoms with Gasteiger partial charge in [0.05, 0.1) is 18.8 Å².